The lowest BCUT2D eigenvalue weighted by Crippen LogP contribution is -2.03. The van der Waals surface area contributed by atoms with E-state index in [0.29, 0.717) is 6.42 Å². The third kappa shape index (κ3) is 2.92. The molecular weight excluding hydrogens is 184 g/mol. The number of rotatable bonds is 4. The molecule has 1 heteroatoms. The third-order valence-electron chi connectivity index (χ3n) is 2.90. The molecule has 1 nitrogen and oxygen atoms in total. The molecule has 0 radical (unpaired) electrons. The average molecular weight is 204 g/mol. The van der Waals surface area contributed by atoms with Crippen molar-refractivity contribution in [2.24, 2.45) is 0 Å². The Hall–Kier alpha value is -1.11. The minimum Gasteiger partial charge on any atom is -0.294 e. The van der Waals surface area contributed by atoms with E-state index in [0.717, 1.165) is 24.0 Å². The Morgan fingerprint density at radius 2 is 1.67 bits per heavy atom. The second kappa shape index (κ2) is 5.11. The number of carbonyl (C=O) groups is 1. The first-order chi connectivity index (χ1) is 7.06. The van der Waals surface area contributed by atoms with Crippen LogP contribution in [0.25, 0.3) is 0 Å². The highest BCUT2D eigenvalue weighted by Gasteiger charge is 2.09. The maximum Gasteiger partial charge on any atom is 0.163 e. The minimum absolute atomic E-state index is 0.289. The Balaban J connectivity index is 2.94. The second-order valence-electron chi connectivity index (χ2n) is 4.28. The highest BCUT2D eigenvalue weighted by Crippen LogP contribution is 2.17. The highest BCUT2D eigenvalue weighted by atomic mass is 16.1. The van der Waals surface area contributed by atoms with Crippen LogP contribution in [0.5, 0.6) is 0 Å². The standard InChI is InChI=1S/C14H20O/c1-5-6-7-14(15)13-9-11(3)10(2)8-12(13)4/h8-9H,5-7H2,1-4H3. The summed E-state index contributed by atoms with van der Waals surface area (Å²) in [6.07, 6.45) is 2.75. The Morgan fingerprint density at radius 1 is 1.07 bits per heavy atom. The van der Waals surface area contributed by atoms with Crippen molar-refractivity contribution in [3.63, 3.8) is 0 Å². The molecule has 0 aliphatic heterocycles. The van der Waals surface area contributed by atoms with Crippen molar-refractivity contribution in [1.29, 1.82) is 0 Å². The summed E-state index contributed by atoms with van der Waals surface area (Å²) in [4.78, 5) is 11.9. The van der Waals surface area contributed by atoms with E-state index in [2.05, 4.69) is 26.8 Å². The molecule has 15 heavy (non-hydrogen) atoms. The first-order valence-electron chi connectivity index (χ1n) is 5.67. The number of hydrogen-bond donors (Lipinski definition) is 0. The van der Waals surface area contributed by atoms with Crippen molar-refractivity contribution in [1.82, 2.24) is 0 Å². The van der Waals surface area contributed by atoms with E-state index in [1.165, 1.54) is 11.1 Å². The zero-order valence-corrected chi connectivity index (χ0v) is 10.2. The molecule has 0 spiro atoms. The van der Waals surface area contributed by atoms with E-state index in [9.17, 15) is 4.79 Å². The molecule has 0 aliphatic carbocycles. The molecular formula is C14H20O. The predicted molar refractivity (Wildman–Crippen MR) is 64.5 cm³/mol. The van der Waals surface area contributed by atoms with E-state index in [4.69, 9.17) is 0 Å². The summed E-state index contributed by atoms with van der Waals surface area (Å²) in [5, 5.41) is 0. The van der Waals surface area contributed by atoms with Crippen LogP contribution >= 0.6 is 0 Å². The quantitative estimate of drug-likeness (QED) is 0.678. The fourth-order valence-corrected chi connectivity index (χ4v) is 1.73. The second-order valence-corrected chi connectivity index (χ2v) is 4.28. The number of ketones is 1. The van der Waals surface area contributed by atoms with Gasteiger partial charge in [0.1, 0.15) is 0 Å². The molecule has 0 saturated heterocycles. The van der Waals surface area contributed by atoms with Crippen molar-refractivity contribution in [2.45, 2.75) is 47.0 Å². The molecule has 0 bridgehead atoms. The van der Waals surface area contributed by atoms with Crippen molar-refractivity contribution in [3.05, 3.63) is 34.4 Å². The summed E-state index contributed by atoms with van der Waals surface area (Å²) in [5.74, 6) is 0.289. The van der Waals surface area contributed by atoms with E-state index in [1.807, 2.05) is 13.0 Å². The maximum atomic E-state index is 11.9. The van der Waals surface area contributed by atoms with E-state index >= 15 is 0 Å². The van der Waals surface area contributed by atoms with Gasteiger partial charge in [0.2, 0.25) is 0 Å². The van der Waals surface area contributed by atoms with Gasteiger partial charge in [0.15, 0.2) is 5.78 Å². The maximum absolute atomic E-state index is 11.9. The zero-order chi connectivity index (χ0) is 11.4. The van der Waals surface area contributed by atoms with Gasteiger partial charge in [-0.1, -0.05) is 19.4 Å². The van der Waals surface area contributed by atoms with E-state index in [-0.39, 0.29) is 5.78 Å². The molecule has 0 aliphatic rings. The molecule has 0 amide bonds. The van der Waals surface area contributed by atoms with Crippen LogP contribution in [0.15, 0.2) is 12.1 Å². The molecule has 0 heterocycles. The van der Waals surface area contributed by atoms with Crippen molar-refractivity contribution in [3.8, 4) is 0 Å². The summed E-state index contributed by atoms with van der Waals surface area (Å²) in [6, 6.07) is 4.14. The summed E-state index contributed by atoms with van der Waals surface area (Å²) in [7, 11) is 0. The molecule has 0 fully saturated rings. The van der Waals surface area contributed by atoms with Gasteiger partial charge >= 0.3 is 0 Å². The Kier molecular flexibility index (Phi) is 4.07. The van der Waals surface area contributed by atoms with Crippen LogP contribution < -0.4 is 0 Å². The average Bonchev–Trinajstić information content (AvgIpc) is 2.20. The summed E-state index contributed by atoms with van der Waals surface area (Å²) >= 11 is 0. The third-order valence-corrected chi connectivity index (χ3v) is 2.90. The molecule has 0 aromatic heterocycles. The van der Waals surface area contributed by atoms with Crippen LogP contribution in [0.4, 0.5) is 0 Å². The summed E-state index contributed by atoms with van der Waals surface area (Å²) in [5.41, 5.74) is 4.49. The smallest absolute Gasteiger partial charge is 0.163 e. The molecule has 0 atom stereocenters. The molecule has 0 saturated carbocycles. The zero-order valence-electron chi connectivity index (χ0n) is 10.2. The van der Waals surface area contributed by atoms with Crippen LogP contribution in [0.1, 0.15) is 53.2 Å². The predicted octanol–water partition coefficient (Wildman–Crippen LogP) is 3.98. The van der Waals surface area contributed by atoms with Gasteiger partial charge in [0, 0.05) is 12.0 Å². The molecule has 1 aromatic carbocycles. The van der Waals surface area contributed by atoms with Gasteiger partial charge in [-0.15, -0.1) is 0 Å². The van der Waals surface area contributed by atoms with Crippen LogP contribution in [-0.2, 0) is 0 Å². The van der Waals surface area contributed by atoms with Crippen molar-refractivity contribution < 1.29 is 4.79 Å². The number of Topliss-reactive ketones (excluding diaryl/α,β-unsaturated/α-hetero) is 1. The lowest BCUT2D eigenvalue weighted by Gasteiger charge is -2.08. The lowest BCUT2D eigenvalue weighted by atomic mass is 9.96. The molecule has 1 aromatic rings. The van der Waals surface area contributed by atoms with Gasteiger partial charge < -0.3 is 0 Å². The van der Waals surface area contributed by atoms with E-state index < -0.39 is 0 Å². The van der Waals surface area contributed by atoms with Crippen LogP contribution in [0, 0.1) is 20.8 Å². The van der Waals surface area contributed by atoms with Gasteiger partial charge in [-0.3, -0.25) is 4.79 Å². The van der Waals surface area contributed by atoms with Crippen LogP contribution in [-0.4, -0.2) is 5.78 Å². The number of benzene rings is 1. The van der Waals surface area contributed by atoms with Gasteiger partial charge in [-0.2, -0.15) is 0 Å². The fraction of sp³-hybridized carbons (Fsp3) is 0.500. The first-order valence-corrected chi connectivity index (χ1v) is 5.67. The number of carbonyl (C=O) groups excluding carboxylic acids is 1. The summed E-state index contributed by atoms with van der Waals surface area (Å²) < 4.78 is 0. The van der Waals surface area contributed by atoms with Crippen molar-refractivity contribution >= 4 is 5.78 Å². The highest BCUT2D eigenvalue weighted by molar-refractivity contribution is 5.97. The number of aryl methyl sites for hydroxylation is 3. The van der Waals surface area contributed by atoms with Gasteiger partial charge in [0.05, 0.1) is 0 Å². The van der Waals surface area contributed by atoms with Crippen LogP contribution in [0.3, 0.4) is 0 Å². The van der Waals surface area contributed by atoms with Gasteiger partial charge in [0.25, 0.3) is 0 Å². The Morgan fingerprint density at radius 3 is 2.27 bits per heavy atom. The largest absolute Gasteiger partial charge is 0.294 e. The Labute approximate surface area is 92.5 Å². The Bertz CT molecular complexity index is 364. The van der Waals surface area contributed by atoms with Crippen LogP contribution in [0.2, 0.25) is 0 Å². The summed E-state index contributed by atoms with van der Waals surface area (Å²) in [6.45, 7) is 8.28. The monoisotopic (exact) mass is 204 g/mol. The molecule has 82 valence electrons. The topological polar surface area (TPSA) is 17.1 Å². The lowest BCUT2D eigenvalue weighted by molar-refractivity contribution is 0.0979. The molecule has 0 unspecified atom stereocenters. The fourth-order valence-electron chi connectivity index (χ4n) is 1.73. The first kappa shape index (κ1) is 12.0. The van der Waals surface area contributed by atoms with Crippen molar-refractivity contribution in [2.75, 3.05) is 0 Å². The molecule has 1 rings (SSSR count). The normalized spacial score (nSPS) is 10.4. The molecule has 0 N–H and O–H groups in total. The number of hydrogen-bond acceptors (Lipinski definition) is 1. The SMILES string of the molecule is CCCCC(=O)c1cc(C)c(C)cc1C. The van der Waals surface area contributed by atoms with Gasteiger partial charge in [-0.05, 0) is 49.9 Å². The minimum atomic E-state index is 0.289. The van der Waals surface area contributed by atoms with E-state index in [1.54, 1.807) is 0 Å². The number of unbranched alkanes of at least 4 members (excludes halogenated alkanes) is 1. The van der Waals surface area contributed by atoms with Gasteiger partial charge in [-0.25, -0.2) is 0 Å².